The Bertz CT molecular complexity index is 1130. The highest BCUT2D eigenvalue weighted by molar-refractivity contribution is 7.90. The first-order chi connectivity index (χ1) is 13.3. The first-order valence-corrected chi connectivity index (χ1v) is 10.6. The second-order valence-electron chi connectivity index (χ2n) is 8.11. The molecule has 0 unspecified atom stereocenters. The van der Waals surface area contributed by atoms with Gasteiger partial charge in [-0.05, 0) is 58.9 Å². The van der Waals surface area contributed by atoms with Crippen molar-refractivity contribution in [2.75, 3.05) is 0 Å². The predicted octanol–water partition coefficient (Wildman–Crippen LogP) is 1.84. The van der Waals surface area contributed by atoms with E-state index in [0.29, 0.717) is 5.39 Å². The highest BCUT2D eigenvalue weighted by Gasteiger charge is 2.40. The molecule has 2 N–H and O–H groups in total. The molecule has 0 bridgehead atoms. The molecule has 3 rings (SSSR count). The Hall–Kier alpha value is -2.20. The highest BCUT2D eigenvalue weighted by atomic mass is 32.2. The van der Waals surface area contributed by atoms with Gasteiger partial charge in [0.25, 0.3) is 10.0 Å². The zero-order valence-electron chi connectivity index (χ0n) is 17.1. The molecule has 2 aromatic heterocycles. The van der Waals surface area contributed by atoms with E-state index in [4.69, 9.17) is 4.65 Å². The molecule has 0 saturated carbocycles. The molecule has 3 aromatic rings. The van der Waals surface area contributed by atoms with Gasteiger partial charge < -0.3 is 14.8 Å². The van der Waals surface area contributed by atoms with E-state index in [9.17, 15) is 18.5 Å². The van der Waals surface area contributed by atoms with E-state index in [1.807, 2.05) is 6.92 Å². The summed E-state index contributed by atoms with van der Waals surface area (Å²) in [5, 5.41) is 21.5. The number of aliphatic hydroxyl groups is 1. The van der Waals surface area contributed by atoms with Gasteiger partial charge in [-0.25, -0.2) is 17.4 Å². The van der Waals surface area contributed by atoms with Crippen molar-refractivity contribution in [1.82, 2.24) is 8.96 Å². The highest BCUT2D eigenvalue weighted by Crippen LogP contribution is 2.26. The molecule has 0 fully saturated rings. The molecule has 0 aliphatic carbocycles. The van der Waals surface area contributed by atoms with Crippen LogP contribution in [0.5, 0.6) is 0 Å². The van der Waals surface area contributed by atoms with Crippen molar-refractivity contribution in [2.24, 2.45) is 0 Å². The van der Waals surface area contributed by atoms with Crippen molar-refractivity contribution in [3.8, 4) is 0 Å². The molecule has 1 aromatic carbocycles. The summed E-state index contributed by atoms with van der Waals surface area (Å²) in [6, 6.07) is 9.82. The third kappa shape index (κ3) is 3.96. The number of fused-ring (bicyclic) bond motifs is 1. The van der Waals surface area contributed by atoms with Gasteiger partial charge in [0, 0.05) is 23.2 Å². The van der Waals surface area contributed by atoms with Gasteiger partial charge in [0.15, 0.2) is 5.65 Å². The van der Waals surface area contributed by atoms with E-state index in [2.05, 4.69) is 4.98 Å². The van der Waals surface area contributed by atoms with E-state index in [0.717, 1.165) is 9.54 Å². The Morgan fingerprint density at radius 3 is 2.31 bits per heavy atom. The molecule has 2 heterocycles. The molecule has 0 amide bonds. The maximum Gasteiger partial charge on any atom is 0.493 e. The van der Waals surface area contributed by atoms with Crippen LogP contribution in [0.1, 0.15) is 33.3 Å². The Labute approximate surface area is 171 Å². The van der Waals surface area contributed by atoms with Crippen LogP contribution in [-0.4, -0.2) is 45.8 Å². The number of hydrogen-bond acceptors (Lipinski definition) is 6. The van der Waals surface area contributed by atoms with Crippen LogP contribution in [0.3, 0.4) is 0 Å². The fraction of sp³-hybridized carbons (Fsp3) is 0.350. The average Bonchev–Trinajstić information content (AvgIpc) is 3.01. The molecule has 29 heavy (non-hydrogen) atoms. The lowest BCUT2D eigenvalue weighted by atomic mass is 9.76. The van der Waals surface area contributed by atoms with Crippen LogP contribution in [-0.2, 0) is 14.7 Å². The maximum absolute atomic E-state index is 13.2. The Morgan fingerprint density at radius 2 is 1.72 bits per heavy atom. The molecule has 0 saturated heterocycles. The zero-order valence-corrected chi connectivity index (χ0v) is 17.9. The van der Waals surface area contributed by atoms with Crippen LogP contribution in [0.4, 0.5) is 0 Å². The van der Waals surface area contributed by atoms with Crippen molar-refractivity contribution < 1.29 is 23.2 Å². The molecule has 0 aliphatic rings. The topological polar surface area (TPSA) is 102 Å². The zero-order chi connectivity index (χ0) is 21.6. The summed E-state index contributed by atoms with van der Waals surface area (Å²) in [6.45, 7) is 8.32. The summed E-state index contributed by atoms with van der Waals surface area (Å²) in [6.07, 6.45) is 2.80. The van der Waals surface area contributed by atoms with Gasteiger partial charge in [0.05, 0.1) is 16.1 Å². The number of rotatable bonds is 6. The lowest BCUT2D eigenvalue weighted by molar-refractivity contribution is -0.0982. The van der Waals surface area contributed by atoms with Crippen LogP contribution in [0.25, 0.3) is 11.0 Å². The van der Waals surface area contributed by atoms with Gasteiger partial charge >= 0.3 is 7.12 Å². The average molecular weight is 416 g/mol. The van der Waals surface area contributed by atoms with E-state index in [1.165, 1.54) is 24.5 Å². The van der Waals surface area contributed by atoms with Crippen LogP contribution < -0.4 is 5.46 Å². The van der Waals surface area contributed by atoms with Gasteiger partial charge in [0.1, 0.15) is 0 Å². The lowest BCUT2D eigenvalue weighted by Crippen LogP contribution is -2.53. The van der Waals surface area contributed by atoms with Crippen molar-refractivity contribution in [3.05, 3.63) is 54.4 Å². The number of aromatic nitrogens is 2. The molecule has 9 heteroatoms. The molecule has 154 valence electrons. The molecule has 0 aliphatic heterocycles. The Kier molecular flexibility index (Phi) is 5.38. The summed E-state index contributed by atoms with van der Waals surface area (Å²) in [4.78, 5) is 4.32. The number of benzene rings is 1. The van der Waals surface area contributed by atoms with Crippen LogP contribution in [0.15, 0.2) is 53.7 Å². The number of nitrogens with zero attached hydrogens (tertiary/aromatic N) is 2. The summed E-state index contributed by atoms with van der Waals surface area (Å²) < 4.78 is 33.2. The van der Waals surface area contributed by atoms with E-state index in [-0.39, 0.29) is 16.0 Å². The molecular formula is C20H25BN2O5S. The summed E-state index contributed by atoms with van der Waals surface area (Å²) in [7, 11) is -5.39. The van der Waals surface area contributed by atoms with Crippen molar-refractivity contribution >= 4 is 33.6 Å². The lowest BCUT2D eigenvalue weighted by Gasteiger charge is -2.38. The van der Waals surface area contributed by atoms with Gasteiger partial charge in [0.2, 0.25) is 0 Å². The van der Waals surface area contributed by atoms with Gasteiger partial charge in [-0.1, -0.05) is 17.7 Å². The monoisotopic (exact) mass is 416 g/mol. The third-order valence-electron chi connectivity index (χ3n) is 5.29. The smallest absolute Gasteiger partial charge is 0.423 e. The predicted molar refractivity (Wildman–Crippen MR) is 113 cm³/mol. The number of aryl methyl sites for hydroxylation is 1. The van der Waals surface area contributed by atoms with Crippen molar-refractivity contribution in [1.29, 1.82) is 0 Å². The van der Waals surface area contributed by atoms with E-state index in [1.54, 1.807) is 52.0 Å². The molecule has 0 spiro atoms. The molecule has 0 atom stereocenters. The first-order valence-electron chi connectivity index (χ1n) is 9.21. The SMILES string of the molecule is Cc1ccc(S(=O)(=O)n2cc(B(O)OC(C)(C)C(C)(C)O)c3cccnc32)cc1. The standard InChI is InChI=1S/C20H25BN2O5S/c1-14-8-10-15(11-9-14)29(26,27)23-13-17(16-7-6-12-22-18(16)23)21(25)28-20(4,5)19(2,3)24/h6-13,24-25H,1-5H3. The number of hydrogen-bond donors (Lipinski definition) is 2. The van der Waals surface area contributed by atoms with Crippen LogP contribution in [0, 0.1) is 6.92 Å². The minimum absolute atomic E-state index is 0.115. The number of pyridine rings is 1. The summed E-state index contributed by atoms with van der Waals surface area (Å²) in [5.74, 6) is 0. The maximum atomic E-state index is 13.2. The third-order valence-corrected chi connectivity index (χ3v) is 6.95. The fourth-order valence-electron chi connectivity index (χ4n) is 2.75. The summed E-state index contributed by atoms with van der Waals surface area (Å²) in [5.41, 5.74) is -0.956. The van der Waals surface area contributed by atoms with E-state index >= 15 is 0 Å². The largest absolute Gasteiger partial charge is 0.493 e. The Balaban J connectivity index is 2.12. The Morgan fingerprint density at radius 1 is 1.10 bits per heavy atom. The van der Waals surface area contributed by atoms with Crippen LogP contribution >= 0.6 is 0 Å². The second-order valence-corrected chi connectivity index (χ2v) is 9.93. The summed E-state index contributed by atoms with van der Waals surface area (Å²) >= 11 is 0. The minimum atomic E-state index is -3.93. The van der Waals surface area contributed by atoms with Crippen molar-refractivity contribution in [2.45, 2.75) is 50.7 Å². The van der Waals surface area contributed by atoms with Gasteiger partial charge in [-0.2, -0.15) is 0 Å². The quantitative estimate of drug-likeness (QED) is 0.595. The minimum Gasteiger partial charge on any atom is -0.423 e. The second kappa shape index (κ2) is 7.25. The molecule has 7 nitrogen and oxygen atoms in total. The van der Waals surface area contributed by atoms with Gasteiger partial charge in [-0.15, -0.1) is 0 Å². The fourth-order valence-corrected chi connectivity index (χ4v) is 4.08. The molecular weight excluding hydrogens is 391 g/mol. The molecule has 0 radical (unpaired) electrons. The normalized spacial score (nSPS) is 13.1. The van der Waals surface area contributed by atoms with E-state index < -0.39 is 28.3 Å². The van der Waals surface area contributed by atoms with Gasteiger partial charge in [-0.3, -0.25) is 0 Å². The van der Waals surface area contributed by atoms with Crippen molar-refractivity contribution in [3.63, 3.8) is 0 Å². The van der Waals surface area contributed by atoms with Crippen LogP contribution in [0.2, 0.25) is 0 Å². The first kappa shape index (κ1) is 21.5.